The second-order valence-electron chi connectivity index (χ2n) is 5.48. The molecule has 11 heteroatoms. The summed E-state index contributed by atoms with van der Waals surface area (Å²) in [4.78, 5) is 57.7. The van der Waals surface area contributed by atoms with Crippen LogP contribution in [-0.2, 0) is 0 Å². The van der Waals surface area contributed by atoms with Crippen LogP contribution in [-0.4, -0.2) is 32.4 Å². The molecule has 1 aliphatic rings. The van der Waals surface area contributed by atoms with Gasteiger partial charge in [-0.1, -0.05) is 0 Å². The van der Waals surface area contributed by atoms with Crippen molar-refractivity contribution in [2.45, 2.75) is 6.92 Å². The average Bonchev–Trinajstić information content (AvgIpc) is 2.82. The zero-order valence-corrected chi connectivity index (χ0v) is 13.1. The van der Waals surface area contributed by atoms with Crippen molar-refractivity contribution in [1.29, 1.82) is 0 Å². The van der Waals surface area contributed by atoms with E-state index in [1.54, 1.807) is 0 Å². The van der Waals surface area contributed by atoms with Crippen molar-refractivity contribution in [2.75, 3.05) is 5.73 Å². The smallest absolute Gasteiger partial charge is 0.336 e. The number of aromatic nitrogens is 1. The van der Waals surface area contributed by atoms with Crippen LogP contribution in [0.2, 0.25) is 0 Å². The van der Waals surface area contributed by atoms with Gasteiger partial charge in [0.15, 0.2) is 0 Å². The summed E-state index contributed by atoms with van der Waals surface area (Å²) in [5, 5.41) is 22.4. The Kier molecular flexibility index (Phi) is 3.57. The molecule has 0 saturated carbocycles. The molecule has 0 radical (unpaired) electrons. The largest absolute Gasteiger partial charge is 0.478 e. The molecule has 0 bridgehead atoms. The summed E-state index contributed by atoms with van der Waals surface area (Å²) >= 11 is 0. The van der Waals surface area contributed by atoms with Crippen molar-refractivity contribution in [3.8, 4) is 5.69 Å². The normalized spacial score (nSPS) is 12.7. The monoisotopic (exact) mass is 358 g/mol. The number of carboxylic acid groups (broad SMARTS) is 1. The number of benzene rings is 1. The molecular weight excluding hydrogens is 348 g/mol. The van der Waals surface area contributed by atoms with Crippen LogP contribution in [0.4, 0.5) is 11.5 Å². The number of nitrogens with two attached hydrogens (primary N) is 1. The number of carbonyl (C=O) groups excluding carboxylic acids is 2. The highest BCUT2D eigenvalue weighted by atomic mass is 16.6. The van der Waals surface area contributed by atoms with Gasteiger partial charge < -0.3 is 10.8 Å². The lowest BCUT2D eigenvalue weighted by atomic mass is 10.1. The number of imide groups is 1. The molecule has 3 rings (SSSR count). The van der Waals surface area contributed by atoms with Gasteiger partial charge in [-0.05, 0) is 13.0 Å². The summed E-state index contributed by atoms with van der Waals surface area (Å²) in [6, 6.07) is 2.75. The minimum absolute atomic E-state index is 0.0292. The van der Waals surface area contributed by atoms with Gasteiger partial charge in [-0.3, -0.25) is 34.4 Å². The van der Waals surface area contributed by atoms with Crippen molar-refractivity contribution < 1.29 is 24.4 Å². The van der Waals surface area contributed by atoms with Gasteiger partial charge in [-0.25, -0.2) is 4.79 Å². The van der Waals surface area contributed by atoms with Crippen LogP contribution in [0.15, 0.2) is 23.0 Å². The molecule has 26 heavy (non-hydrogen) atoms. The molecule has 132 valence electrons. The van der Waals surface area contributed by atoms with Crippen molar-refractivity contribution in [3.63, 3.8) is 0 Å². The molecule has 0 atom stereocenters. The maximum atomic E-state index is 12.4. The highest BCUT2D eigenvalue weighted by Crippen LogP contribution is 2.29. The lowest BCUT2D eigenvalue weighted by molar-refractivity contribution is -0.385. The minimum Gasteiger partial charge on any atom is -0.478 e. The maximum absolute atomic E-state index is 12.4. The maximum Gasteiger partial charge on any atom is 0.336 e. The number of nitrogens with zero attached hydrogens (tertiary/aromatic N) is 2. The number of nitrogens with one attached hydrogen (secondary N) is 1. The van der Waals surface area contributed by atoms with Crippen LogP contribution in [0, 0.1) is 17.0 Å². The Hall–Kier alpha value is -4.02. The molecule has 2 amide bonds. The lowest BCUT2D eigenvalue weighted by Gasteiger charge is -2.15. The average molecular weight is 358 g/mol. The van der Waals surface area contributed by atoms with Crippen molar-refractivity contribution in [2.24, 2.45) is 0 Å². The fourth-order valence-corrected chi connectivity index (χ4v) is 2.76. The van der Waals surface area contributed by atoms with E-state index in [2.05, 4.69) is 0 Å². The highest BCUT2D eigenvalue weighted by molar-refractivity contribution is 6.23. The van der Waals surface area contributed by atoms with E-state index in [4.69, 9.17) is 5.73 Å². The molecular formula is C15H10N4O7. The first kappa shape index (κ1) is 16.8. The summed E-state index contributed by atoms with van der Waals surface area (Å²) in [7, 11) is 0. The third kappa shape index (κ3) is 2.30. The first-order valence-corrected chi connectivity index (χ1v) is 7.07. The minimum atomic E-state index is -1.45. The molecule has 4 N–H and O–H groups in total. The zero-order chi connectivity index (χ0) is 19.3. The number of anilines is 1. The van der Waals surface area contributed by atoms with Crippen LogP contribution in [0.1, 0.15) is 36.6 Å². The van der Waals surface area contributed by atoms with Crippen LogP contribution in [0.25, 0.3) is 5.69 Å². The number of fused-ring (bicyclic) bond motifs is 1. The van der Waals surface area contributed by atoms with Crippen LogP contribution < -0.4 is 16.6 Å². The molecule has 0 unspecified atom stereocenters. The molecule has 0 saturated heterocycles. The number of hydrogen-bond donors (Lipinski definition) is 3. The topological polar surface area (TPSA) is 175 Å². The quantitative estimate of drug-likeness (QED) is 0.396. The Bertz CT molecular complexity index is 1100. The van der Waals surface area contributed by atoms with Gasteiger partial charge in [0.25, 0.3) is 23.1 Å². The fraction of sp³-hybridized carbons (Fsp3) is 0.0667. The van der Waals surface area contributed by atoms with E-state index in [-0.39, 0.29) is 22.4 Å². The summed E-state index contributed by atoms with van der Waals surface area (Å²) in [6.45, 7) is 1.31. The second-order valence-corrected chi connectivity index (χ2v) is 5.48. The molecule has 2 aromatic rings. The predicted molar refractivity (Wildman–Crippen MR) is 86.6 cm³/mol. The third-order valence-corrected chi connectivity index (χ3v) is 3.99. The van der Waals surface area contributed by atoms with Gasteiger partial charge in [-0.2, -0.15) is 0 Å². The molecule has 2 heterocycles. The van der Waals surface area contributed by atoms with Crippen LogP contribution in [0.3, 0.4) is 0 Å². The van der Waals surface area contributed by atoms with E-state index >= 15 is 0 Å². The zero-order valence-electron chi connectivity index (χ0n) is 13.1. The Morgan fingerprint density at radius 2 is 1.88 bits per heavy atom. The van der Waals surface area contributed by atoms with E-state index in [1.807, 2.05) is 5.32 Å². The van der Waals surface area contributed by atoms with Gasteiger partial charge in [-0.15, -0.1) is 0 Å². The molecule has 1 aromatic carbocycles. The van der Waals surface area contributed by atoms with Gasteiger partial charge >= 0.3 is 5.97 Å². The van der Waals surface area contributed by atoms with Crippen molar-refractivity contribution in [3.05, 3.63) is 60.9 Å². The van der Waals surface area contributed by atoms with E-state index in [0.29, 0.717) is 0 Å². The van der Waals surface area contributed by atoms with E-state index in [1.165, 1.54) is 6.92 Å². The summed E-state index contributed by atoms with van der Waals surface area (Å²) in [5.74, 6) is -3.48. The molecule has 11 nitrogen and oxygen atoms in total. The predicted octanol–water partition coefficient (Wildman–Crippen LogP) is 0.218. The van der Waals surface area contributed by atoms with Gasteiger partial charge in [0.05, 0.1) is 32.9 Å². The molecule has 1 aromatic heterocycles. The van der Waals surface area contributed by atoms with Gasteiger partial charge in [0.2, 0.25) is 0 Å². The number of nitro benzene ring substituents is 1. The number of carbonyl (C=O) groups is 3. The highest BCUT2D eigenvalue weighted by Gasteiger charge is 2.32. The molecule has 0 fully saturated rings. The van der Waals surface area contributed by atoms with Gasteiger partial charge in [0.1, 0.15) is 5.82 Å². The summed E-state index contributed by atoms with van der Waals surface area (Å²) in [6.07, 6.45) is 0. The Morgan fingerprint density at radius 3 is 2.46 bits per heavy atom. The number of amides is 2. The molecule has 1 aliphatic heterocycles. The lowest BCUT2D eigenvalue weighted by Crippen LogP contribution is -2.25. The summed E-state index contributed by atoms with van der Waals surface area (Å²) < 4.78 is 0.770. The van der Waals surface area contributed by atoms with E-state index in [0.717, 1.165) is 22.8 Å². The second kappa shape index (κ2) is 5.51. The first-order chi connectivity index (χ1) is 12.1. The Morgan fingerprint density at radius 1 is 1.23 bits per heavy atom. The molecule has 0 aliphatic carbocycles. The number of nitrogen functional groups attached to an aromatic ring is 1. The number of carboxylic acids is 1. The number of aromatic carboxylic acids is 1. The number of hydrogen-bond acceptors (Lipinski definition) is 7. The number of rotatable bonds is 3. The number of pyridine rings is 1. The standard InChI is InChI=1S/C15H10N4O7/c1-5-8(2-6(15(23)24)3-9(5)19(25)26)18-10(20)4-7-11(12(18)16)14(22)17-13(7)21/h2-4H,16H2,1H3,(H,23,24)(H,17,21,22). The summed E-state index contributed by atoms with van der Waals surface area (Å²) in [5.41, 5.74) is 3.39. The first-order valence-electron chi connectivity index (χ1n) is 7.07. The molecule has 0 spiro atoms. The number of nitro groups is 1. The van der Waals surface area contributed by atoms with Crippen LogP contribution in [0.5, 0.6) is 0 Å². The fourth-order valence-electron chi connectivity index (χ4n) is 2.76. The van der Waals surface area contributed by atoms with Crippen molar-refractivity contribution in [1.82, 2.24) is 9.88 Å². The van der Waals surface area contributed by atoms with Crippen LogP contribution >= 0.6 is 0 Å². The van der Waals surface area contributed by atoms with Gasteiger partial charge in [0, 0.05) is 12.1 Å². The third-order valence-electron chi connectivity index (χ3n) is 3.99. The van der Waals surface area contributed by atoms with E-state index in [9.17, 15) is 34.4 Å². The van der Waals surface area contributed by atoms with E-state index < -0.39 is 45.3 Å². The van der Waals surface area contributed by atoms with Crippen molar-refractivity contribution >= 4 is 29.3 Å². The Balaban J connectivity index is 2.42. The Labute approximate surface area is 143 Å². The SMILES string of the molecule is Cc1c(-n2c(N)c3c(cc2=O)C(=O)NC3=O)cc(C(=O)O)cc1[N+](=O)[O-].